The molecule has 0 aliphatic heterocycles. The van der Waals surface area contributed by atoms with Crippen molar-refractivity contribution in [2.75, 3.05) is 17.2 Å². The van der Waals surface area contributed by atoms with Gasteiger partial charge in [-0.1, -0.05) is 11.6 Å². The van der Waals surface area contributed by atoms with Crippen LogP contribution in [0.25, 0.3) is 0 Å². The van der Waals surface area contributed by atoms with E-state index in [9.17, 15) is 4.79 Å². The molecule has 0 spiro atoms. The molecular weight excluding hydrogens is 348 g/mol. The number of nitrogens with one attached hydrogen (secondary N) is 2. The van der Waals surface area contributed by atoms with E-state index < -0.39 is 5.97 Å². The van der Waals surface area contributed by atoms with Crippen molar-refractivity contribution in [2.24, 2.45) is 0 Å². The van der Waals surface area contributed by atoms with Gasteiger partial charge >= 0.3 is 5.97 Å². The minimum atomic E-state index is -0.464. The molecule has 3 rings (SSSR count). The van der Waals surface area contributed by atoms with Crippen LogP contribution in [-0.2, 0) is 4.74 Å². The maximum absolute atomic E-state index is 12.1. The SMILES string of the molecule is CCOC(=O)c1ncn(C2CC2)c1NC(=S)Nc1ccc(Cl)cc1. The Hall–Kier alpha value is -2.12. The molecule has 1 aliphatic rings. The molecule has 1 aromatic heterocycles. The first kappa shape index (κ1) is 16.7. The summed E-state index contributed by atoms with van der Waals surface area (Å²) in [4.78, 5) is 16.3. The Kier molecular flexibility index (Phi) is 5.01. The first-order chi connectivity index (χ1) is 11.6. The monoisotopic (exact) mass is 364 g/mol. The molecule has 2 aromatic rings. The van der Waals surface area contributed by atoms with Crippen molar-refractivity contribution in [3.63, 3.8) is 0 Å². The van der Waals surface area contributed by atoms with Gasteiger partial charge in [-0.05, 0) is 56.2 Å². The second kappa shape index (κ2) is 7.19. The predicted octanol–water partition coefficient (Wildman–Crippen LogP) is 3.86. The third-order valence-electron chi connectivity index (χ3n) is 3.54. The summed E-state index contributed by atoms with van der Waals surface area (Å²) in [6.45, 7) is 2.05. The van der Waals surface area contributed by atoms with Crippen LogP contribution in [0, 0.1) is 0 Å². The highest BCUT2D eigenvalue weighted by Gasteiger charge is 2.30. The number of esters is 1. The molecule has 6 nitrogen and oxygen atoms in total. The lowest BCUT2D eigenvalue weighted by Crippen LogP contribution is -2.22. The van der Waals surface area contributed by atoms with E-state index in [-0.39, 0.29) is 5.69 Å². The number of aromatic nitrogens is 2. The van der Waals surface area contributed by atoms with E-state index in [1.165, 1.54) is 0 Å². The van der Waals surface area contributed by atoms with Crippen molar-refractivity contribution in [1.82, 2.24) is 9.55 Å². The lowest BCUT2D eigenvalue weighted by Gasteiger charge is -2.13. The first-order valence-corrected chi connectivity index (χ1v) is 8.44. The maximum atomic E-state index is 12.1. The summed E-state index contributed by atoms with van der Waals surface area (Å²) in [7, 11) is 0. The Morgan fingerprint density at radius 3 is 2.71 bits per heavy atom. The van der Waals surface area contributed by atoms with Gasteiger partial charge in [-0.3, -0.25) is 0 Å². The molecule has 0 atom stereocenters. The van der Waals surface area contributed by atoms with Crippen LogP contribution < -0.4 is 10.6 Å². The number of carbonyl (C=O) groups excluding carboxylic acids is 1. The summed E-state index contributed by atoms with van der Waals surface area (Å²) in [6.07, 6.45) is 3.77. The first-order valence-electron chi connectivity index (χ1n) is 7.66. The molecule has 1 fully saturated rings. The third-order valence-corrected chi connectivity index (χ3v) is 3.99. The Bertz CT molecular complexity index is 756. The number of hydrogen-bond acceptors (Lipinski definition) is 4. The van der Waals surface area contributed by atoms with Crippen molar-refractivity contribution < 1.29 is 9.53 Å². The molecule has 2 N–H and O–H groups in total. The minimum Gasteiger partial charge on any atom is -0.461 e. The van der Waals surface area contributed by atoms with Gasteiger partial charge in [0.05, 0.1) is 12.9 Å². The number of ether oxygens (including phenoxy) is 1. The number of nitrogens with zero attached hydrogens (tertiary/aromatic N) is 2. The number of carbonyl (C=O) groups is 1. The van der Waals surface area contributed by atoms with Gasteiger partial charge in [0, 0.05) is 16.8 Å². The summed E-state index contributed by atoms with van der Waals surface area (Å²) in [5.41, 5.74) is 1.04. The van der Waals surface area contributed by atoms with Crippen LogP contribution >= 0.6 is 23.8 Å². The van der Waals surface area contributed by atoms with Crippen LogP contribution in [-0.4, -0.2) is 27.2 Å². The topological polar surface area (TPSA) is 68.2 Å². The molecule has 1 heterocycles. The molecule has 0 radical (unpaired) electrons. The van der Waals surface area contributed by atoms with Crippen molar-refractivity contribution in [3.8, 4) is 0 Å². The van der Waals surface area contributed by atoms with E-state index in [2.05, 4.69) is 15.6 Å². The van der Waals surface area contributed by atoms with E-state index in [1.54, 1.807) is 25.4 Å². The van der Waals surface area contributed by atoms with Crippen LogP contribution in [0.3, 0.4) is 0 Å². The fourth-order valence-corrected chi connectivity index (χ4v) is 2.61. The average molecular weight is 365 g/mol. The Labute approximate surface area is 150 Å². The number of rotatable bonds is 5. The molecule has 0 amide bonds. The number of thiocarbonyl (C=S) groups is 1. The lowest BCUT2D eigenvalue weighted by molar-refractivity contribution is 0.0521. The van der Waals surface area contributed by atoms with Crippen molar-refractivity contribution >= 4 is 46.4 Å². The normalized spacial score (nSPS) is 13.4. The van der Waals surface area contributed by atoms with Crippen LogP contribution in [0.1, 0.15) is 36.3 Å². The minimum absolute atomic E-state index is 0.240. The summed E-state index contributed by atoms with van der Waals surface area (Å²) in [5.74, 6) is 0.0936. The van der Waals surface area contributed by atoms with E-state index in [0.29, 0.717) is 28.6 Å². The second-order valence-electron chi connectivity index (χ2n) is 5.39. The van der Waals surface area contributed by atoms with Gasteiger partial charge in [0.15, 0.2) is 10.8 Å². The van der Waals surface area contributed by atoms with Gasteiger partial charge in [-0.15, -0.1) is 0 Å². The molecule has 0 unspecified atom stereocenters. The van der Waals surface area contributed by atoms with Gasteiger partial charge in [-0.25, -0.2) is 9.78 Å². The van der Waals surface area contributed by atoms with Crippen LogP contribution in [0.2, 0.25) is 5.02 Å². The third kappa shape index (κ3) is 3.85. The lowest BCUT2D eigenvalue weighted by atomic mass is 10.3. The largest absolute Gasteiger partial charge is 0.461 e. The van der Waals surface area contributed by atoms with Crippen molar-refractivity contribution in [2.45, 2.75) is 25.8 Å². The van der Waals surface area contributed by atoms with Crippen molar-refractivity contribution in [1.29, 1.82) is 0 Å². The van der Waals surface area contributed by atoms with Crippen LogP contribution in [0.15, 0.2) is 30.6 Å². The number of anilines is 2. The second-order valence-corrected chi connectivity index (χ2v) is 6.23. The summed E-state index contributed by atoms with van der Waals surface area (Å²) in [6, 6.07) is 7.53. The van der Waals surface area contributed by atoms with E-state index >= 15 is 0 Å². The standard InChI is InChI=1S/C16H17ClN4O2S/c1-2-23-15(22)13-14(21(9-18-13)12-7-8-12)20-16(24)19-11-5-3-10(17)4-6-11/h3-6,9,12H,2,7-8H2,1H3,(H2,19,20,24). The highest BCUT2D eigenvalue weighted by molar-refractivity contribution is 7.80. The van der Waals surface area contributed by atoms with E-state index in [1.807, 2.05) is 16.7 Å². The Balaban J connectivity index is 1.77. The number of hydrogen-bond donors (Lipinski definition) is 2. The molecular formula is C16H17ClN4O2S. The zero-order valence-corrected chi connectivity index (χ0v) is 14.7. The molecule has 1 aliphatic carbocycles. The summed E-state index contributed by atoms with van der Waals surface area (Å²) in [5, 5.41) is 7.15. The van der Waals surface area contributed by atoms with Gasteiger partial charge < -0.3 is 19.9 Å². The van der Waals surface area contributed by atoms with Gasteiger partial charge in [0.2, 0.25) is 0 Å². The number of halogens is 1. The van der Waals surface area contributed by atoms with Crippen LogP contribution in [0.5, 0.6) is 0 Å². The fraction of sp³-hybridized carbons (Fsp3) is 0.312. The highest BCUT2D eigenvalue weighted by Crippen LogP contribution is 2.38. The average Bonchev–Trinajstić information content (AvgIpc) is 3.31. The zero-order valence-electron chi connectivity index (χ0n) is 13.1. The molecule has 0 bridgehead atoms. The molecule has 8 heteroatoms. The van der Waals surface area contributed by atoms with E-state index in [4.69, 9.17) is 28.6 Å². The Morgan fingerprint density at radius 1 is 1.38 bits per heavy atom. The predicted molar refractivity (Wildman–Crippen MR) is 97.7 cm³/mol. The maximum Gasteiger partial charge on any atom is 0.360 e. The van der Waals surface area contributed by atoms with Crippen molar-refractivity contribution in [3.05, 3.63) is 41.3 Å². The zero-order chi connectivity index (χ0) is 17.1. The van der Waals surface area contributed by atoms with Gasteiger partial charge in [0.1, 0.15) is 5.82 Å². The number of imidazole rings is 1. The van der Waals surface area contributed by atoms with Gasteiger partial charge in [0.25, 0.3) is 0 Å². The molecule has 24 heavy (non-hydrogen) atoms. The molecule has 1 aromatic carbocycles. The van der Waals surface area contributed by atoms with E-state index in [0.717, 1.165) is 18.5 Å². The van der Waals surface area contributed by atoms with Crippen LogP contribution in [0.4, 0.5) is 11.5 Å². The Morgan fingerprint density at radius 2 is 2.08 bits per heavy atom. The van der Waals surface area contributed by atoms with Gasteiger partial charge in [-0.2, -0.15) is 0 Å². The fourth-order valence-electron chi connectivity index (χ4n) is 2.27. The summed E-state index contributed by atoms with van der Waals surface area (Å²) < 4.78 is 6.99. The quantitative estimate of drug-likeness (QED) is 0.620. The molecule has 1 saturated carbocycles. The highest BCUT2D eigenvalue weighted by atomic mass is 35.5. The number of benzene rings is 1. The smallest absolute Gasteiger partial charge is 0.360 e. The molecule has 0 saturated heterocycles. The summed E-state index contributed by atoms with van der Waals surface area (Å²) >= 11 is 11.2. The molecule has 126 valence electrons.